The first-order valence-electron chi connectivity index (χ1n) is 12.7. The van der Waals surface area contributed by atoms with Crippen LogP contribution in [0.25, 0.3) is 0 Å². The molecule has 1 aliphatic heterocycles. The van der Waals surface area contributed by atoms with Gasteiger partial charge in [0.25, 0.3) is 0 Å². The van der Waals surface area contributed by atoms with Crippen LogP contribution in [-0.2, 0) is 37.5 Å². The number of benzene rings is 2. The zero-order valence-corrected chi connectivity index (χ0v) is 24.0. The minimum Gasteiger partial charge on any atom is -0.493 e. The lowest BCUT2D eigenvalue weighted by Crippen LogP contribution is -2.52. The maximum Gasteiger partial charge on any atom is 0.243 e. The fourth-order valence-electron chi connectivity index (χ4n) is 4.49. The van der Waals surface area contributed by atoms with E-state index in [-0.39, 0.29) is 36.1 Å². The van der Waals surface area contributed by atoms with Crippen LogP contribution >= 0.6 is 0 Å². The summed E-state index contributed by atoms with van der Waals surface area (Å²) in [5, 5.41) is 14.1. The van der Waals surface area contributed by atoms with Crippen LogP contribution in [0.15, 0.2) is 53.4 Å². The fraction of sp³-hybridized carbons (Fsp3) is 0.519. The van der Waals surface area contributed by atoms with E-state index >= 15 is 0 Å². The molecular formula is C27H38N2O7S2. The third kappa shape index (κ3) is 8.26. The van der Waals surface area contributed by atoms with Gasteiger partial charge in [-0.3, -0.25) is 4.79 Å². The van der Waals surface area contributed by atoms with E-state index in [2.05, 4.69) is 5.32 Å². The predicted octanol–water partition coefficient (Wildman–Crippen LogP) is 2.04. The first-order chi connectivity index (χ1) is 17.8. The number of nitrogens with zero attached hydrogens (tertiary/aromatic N) is 1. The van der Waals surface area contributed by atoms with Crippen molar-refractivity contribution < 1.29 is 31.5 Å². The van der Waals surface area contributed by atoms with Gasteiger partial charge in [-0.25, -0.2) is 16.8 Å². The highest BCUT2D eigenvalue weighted by Crippen LogP contribution is 2.29. The van der Waals surface area contributed by atoms with Gasteiger partial charge in [-0.1, -0.05) is 51.1 Å². The van der Waals surface area contributed by atoms with Gasteiger partial charge in [0.1, 0.15) is 15.6 Å². The fourth-order valence-corrected chi connectivity index (χ4v) is 7.22. The van der Waals surface area contributed by atoms with Gasteiger partial charge in [0.15, 0.2) is 0 Å². The normalized spacial score (nSPS) is 16.1. The Balaban J connectivity index is 1.86. The number of carbonyl (C=O) groups excluding carboxylic acids is 1. The van der Waals surface area contributed by atoms with E-state index in [0.717, 1.165) is 17.4 Å². The van der Waals surface area contributed by atoms with E-state index in [1.807, 2.05) is 44.2 Å². The molecule has 38 heavy (non-hydrogen) atoms. The van der Waals surface area contributed by atoms with Crippen LogP contribution < -0.4 is 10.1 Å². The molecular weight excluding hydrogens is 528 g/mol. The topological polar surface area (TPSA) is 130 Å². The average molecular weight is 567 g/mol. The smallest absolute Gasteiger partial charge is 0.243 e. The monoisotopic (exact) mass is 566 g/mol. The Kier molecular flexibility index (Phi) is 9.96. The van der Waals surface area contributed by atoms with Gasteiger partial charge in [-0.15, -0.1) is 0 Å². The zero-order chi connectivity index (χ0) is 28.1. The Hall–Kier alpha value is -2.47. The van der Waals surface area contributed by atoms with E-state index in [4.69, 9.17) is 4.74 Å². The number of aliphatic hydroxyl groups excluding tert-OH is 1. The van der Waals surface area contributed by atoms with Crippen LogP contribution in [0.3, 0.4) is 0 Å². The summed E-state index contributed by atoms with van der Waals surface area (Å²) >= 11 is 0. The van der Waals surface area contributed by atoms with Crippen molar-refractivity contribution in [2.24, 2.45) is 11.8 Å². The molecule has 0 fully saturated rings. The van der Waals surface area contributed by atoms with Gasteiger partial charge in [0.05, 0.1) is 29.4 Å². The predicted molar refractivity (Wildman–Crippen MR) is 146 cm³/mol. The molecule has 2 aromatic rings. The van der Waals surface area contributed by atoms with Gasteiger partial charge >= 0.3 is 0 Å². The molecule has 1 amide bonds. The number of nitrogens with one attached hydrogen (secondary N) is 1. The molecule has 3 atom stereocenters. The van der Waals surface area contributed by atoms with Crippen molar-refractivity contribution in [3.05, 3.63) is 59.7 Å². The summed E-state index contributed by atoms with van der Waals surface area (Å²) in [6.45, 7) is 5.72. The molecule has 0 bridgehead atoms. The highest BCUT2D eigenvalue weighted by atomic mass is 32.2. The van der Waals surface area contributed by atoms with Crippen molar-refractivity contribution in [2.45, 2.75) is 50.7 Å². The van der Waals surface area contributed by atoms with Gasteiger partial charge in [0, 0.05) is 31.7 Å². The lowest BCUT2D eigenvalue weighted by Gasteiger charge is -2.31. The number of sulfonamides is 1. The first kappa shape index (κ1) is 30.1. The number of rotatable bonds is 13. The van der Waals surface area contributed by atoms with Gasteiger partial charge in [0.2, 0.25) is 15.9 Å². The number of hydrogen-bond acceptors (Lipinski definition) is 7. The maximum absolute atomic E-state index is 13.7. The summed E-state index contributed by atoms with van der Waals surface area (Å²) in [5.74, 6) is -1.03. The van der Waals surface area contributed by atoms with Crippen LogP contribution in [0.5, 0.6) is 5.75 Å². The molecule has 11 heteroatoms. The molecule has 0 spiro atoms. The highest BCUT2D eigenvalue weighted by Gasteiger charge is 2.33. The summed E-state index contributed by atoms with van der Waals surface area (Å²) in [4.78, 5) is 13.0. The van der Waals surface area contributed by atoms with Crippen LogP contribution in [0.4, 0.5) is 0 Å². The second kappa shape index (κ2) is 12.6. The molecule has 1 heterocycles. The SMILES string of the molecule is CC(C)CN(CC(O)C(Cc1ccccc1)NC(=O)C(C)CS(C)(=O)=O)S(=O)(=O)c1ccc2c(c1)CCO2. The van der Waals surface area contributed by atoms with Crippen LogP contribution in [-0.4, -0.2) is 76.0 Å². The summed E-state index contributed by atoms with van der Waals surface area (Å²) < 4.78 is 57.6. The maximum atomic E-state index is 13.7. The molecule has 9 nitrogen and oxygen atoms in total. The Labute approximate surface area is 226 Å². The molecule has 3 rings (SSSR count). The second-order valence-corrected chi connectivity index (χ2v) is 14.6. The van der Waals surface area contributed by atoms with Crippen LogP contribution in [0, 0.1) is 11.8 Å². The molecule has 2 aromatic carbocycles. The summed E-state index contributed by atoms with van der Waals surface area (Å²) in [6.07, 6.45) is 0.677. The zero-order valence-electron chi connectivity index (χ0n) is 22.3. The first-order valence-corrected chi connectivity index (χ1v) is 16.2. The molecule has 2 N–H and O–H groups in total. The number of sulfone groups is 1. The number of amides is 1. The van der Waals surface area contributed by atoms with E-state index in [9.17, 15) is 26.7 Å². The van der Waals surface area contributed by atoms with Crippen molar-refractivity contribution in [3.63, 3.8) is 0 Å². The van der Waals surface area contributed by atoms with E-state index in [1.54, 1.807) is 12.1 Å². The van der Waals surface area contributed by atoms with Crippen molar-refractivity contribution in [2.75, 3.05) is 31.7 Å². The molecule has 0 saturated carbocycles. The molecule has 210 valence electrons. The lowest BCUT2D eigenvalue weighted by atomic mass is 10.00. The van der Waals surface area contributed by atoms with E-state index in [1.165, 1.54) is 17.3 Å². The number of ether oxygens (including phenoxy) is 1. The van der Waals surface area contributed by atoms with Gasteiger partial charge in [-0.05, 0) is 41.7 Å². The molecule has 0 aliphatic carbocycles. The highest BCUT2D eigenvalue weighted by molar-refractivity contribution is 7.90. The van der Waals surface area contributed by atoms with Crippen molar-refractivity contribution in [1.29, 1.82) is 0 Å². The van der Waals surface area contributed by atoms with Crippen LogP contribution in [0.2, 0.25) is 0 Å². The summed E-state index contributed by atoms with van der Waals surface area (Å²) in [6, 6.07) is 13.1. The van der Waals surface area contributed by atoms with Crippen molar-refractivity contribution in [1.82, 2.24) is 9.62 Å². The summed E-state index contributed by atoms with van der Waals surface area (Å²) in [7, 11) is -7.35. The van der Waals surface area contributed by atoms with Crippen molar-refractivity contribution >= 4 is 25.8 Å². The Bertz CT molecular complexity index is 1310. The lowest BCUT2D eigenvalue weighted by molar-refractivity contribution is -0.125. The Morgan fingerprint density at radius 2 is 1.74 bits per heavy atom. The minimum atomic E-state index is -3.96. The van der Waals surface area contributed by atoms with E-state index < -0.39 is 43.8 Å². The molecule has 1 aliphatic rings. The largest absolute Gasteiger partial charge is 0.493 e. The number of carbonyl (C=O) groups is 1. The molecule has 0 saturated heterocycles. The number of fused-ring (bicyclic) bond motifs is 1. The Morgan fingerprint density at radius 3 is 2.37 bits per heavy atom. The number of hydrogen-bond donors (Lipinski definition) is 2. The molecule has 0 aromatic heterocycles. The quantitative estimate of drug-likeness (QED) is 0.380. The number of aliphatic hydroxyl groups is 1. The standard InChI is InChI=1S/C27H38N2O7S2/c1-19(2)16-29(38(34,35)23-10-11-26-22(15-23)12-13-36-26)17-25(30)24(14-21-8-6-5-7-9-21)28-27(31)20(3)18-37(4,32)33/h5-11,15,19-20,24-25,30H,12-14,16-18H2,1-4H3,(H,28,31). The third-order valence-corrected chi connectivity index (χ3v) is 9.28. The molecule has 0 radical (unpaired) electrons. The van der Waals surface area contributed by atoms with Crippen LogP contribution in [0.1, 0.15) is 31.9 Å². The van der Waals surface area contributed by atoms with Gasteiger partial charge < -0.3 is 15.2 Å². The second-order valence-electron chi connectivity index (χ2n) is 10.4. The van der Waals surface area contributed by atoms with Gasteiger partial charge in [-0.2, -0.15) is 4.31 Å². The minimum absolute atomic E-state index is 0.0216. The average Bonchev–Trinajstić information content (AvgIpc) is 3.30. The van der Waals surface area contributed by atoms with Crippen molar-refractivity contribution in [3.8, 4) is 5.75 Å². The third-order valence-electron chi connectivity index (χ3n) is 6.35. The Morgan fingerprint density at radius 1 is 1.05 bits per heavy atom. The van der Waals surface area contributed by atoms with E-state index in [0.29, 0.717) is 18.8 Å². The molecule has 3 unspecified atom stereocenters. The summed E-state index contributed by atoms with van der Waals surface area (Å²) in [5.41, 5.74) is 1.66.